The Hall–Kier alpha value is -2.41. The largest absolute Gasteiger partial charge is 0.396 e. The summed E-state index contributed by atoms with van der Waals surface area (Å²) in [7, 11) is 0. The number of carbonyl (C=O) groups is 1. The molecule has 2 atom stereocenters. The summed E-state index contributed by atoms with van der Waals surface area (Å²) in [5, 5.41) is 14.4. The van der Waals surface area contributed by atoms with Crippen molar-refractivity contribution in [3.8, 4) is 5.69 Å². The molecule has 0 bridgehead atoms. The summed E-state index contributed by atoms with van der Waals surface area (Å²) >= 11 is 0. The van der Waals surface area contributed by atoms with Crippen molar-refractivity contribution >= 4 is 6.03 Å². The number of carbonyl (C=O) groups excluding carboxylic acids is 1. The first-order valence-electron chi connectivity index (χ1n) is 8.40. The maximum Gasteiger partial charge on any atom is 0.315 e. The zero-order valence-electron chi connectivity index (χ0n) is 14.8. The van der Waals surface area contributed by atoms with Gasteiger partial charge in [0.15, 0.2) is 0 Å². The number of aromatic nitrogens is 2. The monoisotopic (exact) mass is 348 g/mol. The summed E-state index contributed by atoms with van der Waals surface area (Å²) in [4.78, 5) is 16.1. The number of nitrogens with one attached hydrogen (secondary N) is 2. The summed E-state index contributed by atoms with van der Waals surface area (Å²) in [5.41, 5.74) is 1.10. The number of benzene rings is 1. The minimum atomic E-state index is -0.371. The van der Waals surface area contributed by atoms with Gasteiger partial charge in [0, 0.05) is 25.0 Å². The Morgan fingerprint density at radius 3 is 2.72 bits per heavy atom. The topological polar surface area (TPSA) is 79.2 Å². The fraction of sp³-hybridized carbons (Fsp3) is 0.444. The van der Waals surface area contributed by atoms with Gasteiger partial charge in [-0.15, -0.1) is 0 Å². The smallest absolute Gasteiger partial charge is 0.315 e. The Morgan fingerprint density at radius 2 is 2.12 bits per heavy atom. The SMILES string of the molecule is Cc1nccn1-c1ccc([C@H](C)NC(=O)N[C@H](C)CCCO)cc1F. The van der Waals surface area contributed by atoms with Gasteiger partial charge in [0.25, 0.3) is 0 Å². The third kappa shape index (κ3) is 5.03. The Balaban J connectivity index is 2.00. The number of aryl methyl sites for hydroxylation is 1. The quantitative estimate of drug-likeness (QED) is 0.720. The second kappa shape index (κ2) is 8.62. The molecule has 0 aliphatic carbocycles. The van der Waals surface area contributed by atoms with Gasteiger partial charge in [-0.2, -0.15) is 0 Å². The van der Waals surface area contributed by atoms with Crippen LogP contribution in [0.3, 0.4) is 0 Å². The molecule has 2 rings (SSSR count). The summed E-state index contributed by atoms with van der Waals surface area (Å²) in [6.45, 7) is 5.59. The highest BCUT2D eigenvalue weighted by Gasteiger charge is 2.14. The van der Waals surface area contributed by atoms with Crippen LogP contribution in [0.2, 0.25) is 0 Å². The number of aliphatic hydroxyl groups is 1. The van der Waals surface area contributed by atoms with E-state index in [1.54, 1.807) is 42.9 Å². The third-order valence-electron chi connectivity index (χ3n) is 4.08. The lowest BCUT2D eigenvalue weighted by Crippen LogP contribution is -2.41. The number of hydrogen-bond donors (Lipinski definition) is 3. The first kappa shape index (κ1) is 18.9. The van der Waals surface area contributed by atoms with Crippen molar-refractivity contribution < 1.29 is 14.3 Å². The molecule has 0 unspecified atom stereocenters. The molecule has 25 heavy (non-hydrogen) atoms. The van der Waals surface area contributed by atoms with Crippen LogP contribution >= 0.6 is 0 Å². The molecule has 0 aliphatic rings. The Kier molecular flexibility index (Phi) is 6.52. The molecule has 0 aliphatic heterocycles. The van der Waals surface area contributed by atoms with Crippen LogP contribution in [0.1, 0.15) is 44.1 Å². The maximum atomic E-state index is 14.4. The Morgan fingerprint density at radius 1 is 1.36 bits per heavy atom. The summed E-state index contributed by atoms with van der Waals surface area (Å²) < 4.78 is 16.1. The van der Waals surface area contributed by atoms with E-state index < -0.39 is 0 Å². The highest BCUT2D eigenvalue weighted by Crippen LogP contribution is 2.20. The van der Waals surface area contributed by atoms with Gasteiger partial charge in [-0.25, -0.2) is 14.2 Å². The van der Waals surface area contributed by atoms with Crippen LogP contribution < -0.4 is 10.6 Å². The number of hydrogen-bond acceptors (Lipinski definition) is 3. The van der Waals surface area contributed by atoms with Crippen LogP contribution in [0.25, 0.3) is 5.69 Å². The van der Waals surface area contributed by atoms with Crippen molar-refractivity contribution in [2.24, 2.45) is 0 Å². The molecule has 0 fully saturated rings. The predicted octanol–water partition coefficient (Wildman–Crippen LogP) is 2.84. The number of nitrogens with zero attached hydrogens (tertiary/aromatic N) is 2. The lowest BCUT2D eigenvalue weighted by molar-refractivity contribution is 0.231. The van der Waals surface area contributed by atoms with E-state index in [9.17, 15) is 9.18 Å². The van der Waals surface area contributed by atoms with E-state index in [1.165, 1.54) is 6.07 Å². The average Bonchev–Trinajstić information content (AvgIpc) is 2.98. The molecule has 6 nitrogen and oxygen atoms in total. The lowest BCUT2D eigenvalue weighted by Gasteiger charge is -2.19. The van der Waals surface area contributed by atoms with Crippen LogP contribution in [0, 0.1) is 12.7 Å². The highest BCUT2D eigenvalue weighted by atomic mass is 19.1. The van der Waals surface area contributed by atoms with Crippen LogP contribution in [-0.4, -0.2) is 33.3 Å². The normalized spacial score (nSPS) is 13.3. The molecule has 2 aromatic rings. The molecule has 0 saturated carbocycles. The molecular weight excluding hydrogens is 323 g/mol. The van der Waals surface area contributed by atoms with Gasteiger partial charge in [-0.05, 0) is 51.3 Å². The van der Waals surface area contributed by atoms with Gasteiger partial charge in [0.1, 0.15) is 11.6 Å². The minimum Gasteiger partial charge on any atom is -0.396 e. The van der Waals surface area contributed by atoms with Crippen molar-refractivity contribution in [2.75, 3.05) is 6.61 Å². The van der Waals surface area contributed by atoms with Crippen LogP contribution in [0.5, 0.6) is 0 Å². The maximum absolute atomic E-state index is 14.4. The van der Waals surface area contributed by atoms with Crippen molar-refractivity contribution in [1.29, 1.82) is 0 Å². The van der Waals surface area contributed by atoms with E-state index in [0.29, 0.717) is 29.9 Å². The average molecular weight is 348 g/mol. The number of urea groups is 1. The fourth-order valence-corrected chi connectivity index (χ4v) is 2.64. The molecule has 2 amide bonds. The number of halogens is 1. The third-order valence-corrected chi connectivity index (χ3v) is 4.08. The zero-order valence-corrected chi connectivity index (χ0v) is 14.8. The first-order chi connectivity index (χ1) is 11.9. The molecule has 3 N–H and O–H groups in total. The molecule has 1 aromatic heterocycles. The molecule has 0 saturated heterocycles. The summed E-state index contributed by atoms with van der Waals surface area (Å²) in [6.07, 6.45) is 4.66. The van der Waals surface area contributed by atoms with Gasteiger partial charge in [-0.1, -0.05) is 6.07 Å². The van der Waals surface area contributed by atoms with Gasteiger partial charge < -0.3 is 20.3 Å². The zero-order chi connectivity index (χ0) is 18.4. The van der Waals surface area contributed by atoms with Crippen LogP contribution in [-0.2, 0) is 0 Å². The van der Waals surface area contributed by atoms with Gasteiger partial charge in [0.05, 0.1) is 11.7 Å². The van der Waals surface area contributed by atoms with Crippen LogP contribution in [0.15, 0.2) is 30.6 Å². The van der Waals surface area contributed by atoms with Crippen molar-refractivity contribution in [2.45, 2.75) is 45.7 Å². The molecule has 1 heterocycles. The molecule has 0 radical (unpaired) electrons. The molecular formula is C18H25FN4O2. The van der Waals surface area contributed by atoms with E-state index in [4.69, 9.17) is 5.11 Å². The number of aliphatic hydroxyl groups excluding tert-OH is 1. The number of imidazole rings is 1. The predicted molar refractivity (Wildman–Crippen MR) is 94.1 cm³/mol. The van der Waals surface area contributed by atoms with E-state index >= 15 is 0 Å². The Bertz CT molecular complexity index is 717. The second-order valence-corrected chi connectivity index (χ2v) is 6.16. The van der Waals surface area contributed by atoms with Crippen molar-refractivity contribution in [3.63, 3.8) is 0 Å². The van der Waals surface area contributed by atoms with E-state index in [1.807, 2.05) is 6.92 Å². The van der Waals surface area contributed by atoms with Gasteiger partial charge in [-0.3, -0.25) is 0 Å². The lowest BCUT2D eigenvalue weighted by atomic mass is 10.1. The highest BCUT2D eigenvalue weighted by molar-refractivity contribution is 5.74. The Labute approximate surface area is 147 Å². The minimum absolute atomic E-state index is 0.0392. The molecule has 0 spiro atoms. The van der Waals surface area contributed by atoms with Crippen molar-refractivity contribution in [3.05, 3.63) is 47.8 Å². The van der Waals surface area contributed by atoms with Crippen LogP contribution in [0.4, 0.5) is 9.18 Å². The summed E-state index contributed by atoms with van der Waals surface area (Å²) in [5.74, 6) is 0.332. The fourth-order valence-electron chi connectivity index (χ4n) is 2.64. The number of rotatable bonds is 7. The van der Waals surface area contributed by atoms with Gasteiger partial charge in [0.2, 0.25) is 0 Å². The van der Waals surface area contributed by atoms with Gasteiger partial charge >= 0.3 is 6.03 Å². The van der Waals surface area contributed by atoms with E-state index in [-0.39, 0.29) is 30.5 Å². The first-order valence-corrected chi connectivity index (χ1v) is 8.40. The summed E-state index contributed by atoms with van der Waals surface area (Å²) in [6, 6.07) is 4.21. The van der Waals surface area contributed by atoms with Crippen molar-refractivity contribution in [1.82, 2.24) is 20.2 Å². The number of amides is 2. The molecule has 7 heteroatoms. The molecule has 136 valence electrons. The standard InChI is InChI=1S/C18H25FN4O2/c1-12(5-4-10-24)21-18(25)22-13(2)15-6-7-17(16(19)11-15)23-9-8-20-14(23)3/h6-9,11-13,24H,4-5,10H2,1-3H3,(H2,21,22,25)/t12-,13+/m1/s1. The van der Waals surface area contributed by atoms with E-state index in [2.05, 4.69) is 15.6 Å². The second-order valence-electron chi connectivity index (χ2n) is 6.16. The van der Waals surface area contributed by atoms with E-state index in [0.717, 1.165) is 0 Å². The molecule has 1 aromatic carbocycles.